The first-order valence-corrected chi connectivity index (χ1v) is 6.86. The quantitative estimate of drug-likeness (QED) is 0.663. The fourth-order valence-electron chi connectivity index (χ4n) is 2.04. The highest BCUT2D eigenvalue weighted by molar-refractivity contribution is 7.17. The fourth-order valence-corrected chi connectivity index (χ4v) is 2.99. The summed E-state index contributed by atoms with van der Waals surface area (Å²) in [4.78, 5) is 20.0. The van der Waals surface area contributed by atoms with Crippen LogP contribution in [0.2, 0.25) is 0 Å². The Morgan fingerprint density at radius 1 is 1.21 bits per heavy atom. The van der Waals surface area contributed by atoms with Crippen LogP contribution in [-0.4, -0.2) is 15.8 Å². The van der Waals surface area contributed by atoms with Gasteiger partial charge in [0.25, 0.3) is 0 Å². The van der Waals surface area contributed by atoms with Gasteiger partial charge in [-0.3, -0.25) is 4.79 Å². The average molecular weight is 268 g/mol. The van der Waals surface area contributed by atoms with Gasteiger partial charge in [-0.1, -0.05) is 18.2 Å². The summed E-state index contributed by atoms with van der Waals surface area (Å²) >= 11 is 1.68. The predicted octanol–water partition coefficient (Wildman–Crippen LogP) is 3.87. The number of rotatable bonds is 2. The predicted molar refractivity (Wildman–Crippen MR) is 77.6 cm³/mol. The van der Waals surface area contributed by atoms with Crippen molar-refractivity contribution in [2.45, 2.75) is 13.8 Å². The number of hydrogen-bond donors (Lipinski definition) is 0. The molecule has 0 atom stereocenters. The minimum absolute atomic E-state index is 0.107. The van der Waals surface area contributed by atoms with Crippen molar-refractivity contribution in [3.63, 3.8) is 0 Å². The minimum atomic E-state index is -0.107. The van der Waals surface area contributed by atoms with Crippen LogP contribution < -0.4 is 0 Å². The molecule has 0 saturated carbocycles. The van der Waals surface area contributed by atoms with Crippen LogP contribution in [0.25, 0.3) is 21.3 Å². The van der Waals surface area contributed by atoms with Crippen molar-refractivity contribution in [2.24, 2.45) is 0 Å². The first kappa shape index (κ1) is 12.0. The lowest BCUT2D eigenvalue weighted by Crippen LogP contribution is -2.03. The highest BCUT2D eigenvalue weighted by Crippen LogP contribution is 2.32. The number of hydrogen-bond acceptors (Lipinski definition) is 4. The number of benzene rings is 1. The molecule has 0 N–H and O–H groups in total. The molecular weight excluding hydrogens is 256 g/mol. The molecule has 0 radical (unpaired) electrons. The number of thiophene rings is 1. The lowest BCUT2D eigenvalue weighted by Gasteiger charge is -2.03. The summed E-state index contributed by atoms with van der Waals surface area (Å²) in [7, 11) is 0. The molecule has 0 aliphatic carbocycles. The van der Waals surface area contributed by atoms with E-state index in [1.807, 2.05) is 25.1 Å². The van der Waals surface area contributed by atoms with Gasteiger partial charge >= 0.3 is 0 Å². The van der Waals surface area contributed by atoms with E-state index in [0.29, 0.717) is 0 Å². The molecule has 2 aromatic heterocycles. The summed E-state index contributed by atoms with van der Waals surface area (Å²) in [6, 6.07) is 10.1. The molecule has 2 heterocycles. The highest BCUT2D eigenvalue weighted by atomic mass is 32.1. The summed E-state index contributed by atoms with van der Waals surface area (Å²) in [6.45, 7) is 3.37. The van der Waals surface area contributed by atoms with E-state index < -0.39 is 0 Å². The number of carbonyl (C=O) groups excluding carboxylic acids is 1. The van der Waals surface area contributed by atoms with E-state index in [4.69, 9.17) is 0 Å². The summed E-state index contributed by atoms with van der Waals surface area (Å²) < 4.78 is 1.22. The Kier molecular flexibility index (Phi) is 2.87. The summed E-state index contributed by atoms with van der Waals surface area (Å²) in [6.07, 6.45) is 0. The Hall–Kier alpha value is -2.07. The maximum Gasteiger partial charge on any atom is 0.196 e. The molecule has 0 fully saturated rings. The third-order valence-electron chi connectivity index (χ3n) is 2.93. The Balaban J connectivity index is 2.24. The summed E-state index contributed by atoms with van der Waals surface area (Å²) in [5, 5.41) is 3.25. The highest BCUT2D eigenvalue weighted by Gasteiger charge is 2.11. The van der Waals surface area contributed by atoms with E-state index in [2.05, 4.69) is 27.5 Å². The molecule has 0 aliphatic heterocycles. The molecule has 0 unspecified atom stereocenters. The number of nitrogens with zero attached hydrogens (tertiary/aromatic N) is 2. The smallest absolute Gasteiger partial charge is 0.196 e. The molecule has 0 saturated heterocycles. The number of ketones is 1. The van der Waals surface area contributed by atoms with Crippen molar-refractivity contribution < 1.29 is 4.79 Å². The van der Waals surface area contributed by atoms with E-state index in [1.54, 1.807) is 11.3 Å². The van der Waals surface area contributed by atoms with Crippen molar-refractivity contribution in [3.8, 4) is 11.3 Å². The van der Waals surface area contributed by atoms with Gasteiger partial charge in [-0.05, 0) is 19.1 Å². The van der Waals surface area contributed by atoms with E-state index in [9.17, 15) is 4.79 Å². The number of Topliss-reactive ketones (excluding diaryl/α,β-unsaturated/α-hetero) is 1. The molecule has 19 heavy (non-hydrogen) atoms. The topological polar surface area (TPSA) is 42.9 Å². The van der Waals surface area contributed by atoms with Gasteiger partial charge in [-0.2, -0.15) is 0 Å². The van der Waals surface area contributed by atoms with Crippen LogP contribution in [0.15, 0.2) is 35.7 Å². The maximum absolute atomic E-state index is 11.5. The number of aromatic nitrogens is 2. The van der Waals surface area contributed by atoms with Gasteiger partial charge in [0.15, 0.2) is 11.6 Å². The first-order chi connectivity index (χ1) is 9.15. The molecule has 0 spiro atoms. The molecule has 0 bridgehead atoms. The Morgan fingerprint density at radius 2 is 2.00 bits per heavy atom. The van der Waals surface area contributed by atoms with E-state index in [1.165, 1.54) is 17.0 Å². The molecule has 4 heteroatoms. The van der Waals surface area contributed by atoms with Crippen LogP contribution in [0.3, 0.4) is 0 Å². The average Bonchev–Trinajstić information content (AvgIpc) is 2.81. The van der Waals surface area contributed by atoms with Gasteiger partial charge in [-0.15, -0.1) is 11.3 Å². The van der Waals surface area contributed by atoms with Crippen LogP contribution in [0.4, 0.5) is 0 Å². The molecule has 3 nitrogen and oxygen atoms in total. The van der Waals surface area contributed by atoms with Crippen LogP contribution in [0.1, 0.15) is 23.2 Å². The molecule has 94 valence electrons. The standard InChI is InChI=1S/C15H12N2OS/c1-9-7-13(17-15(16-9)10(2)18)12-8-19-14-6-4-3-5-11(12)14/h3-8H,1-2H3. The minimum Gasteiger partial charge on any atom is -0.291 e. The third-order valence-corrected chi connectivity index (χ3v) is 3.89. The monoisotopic (exact) mass is 268 g/mol. The largest absolute Gasteiger partial charge is 0.291 e. The van der Waals surface area contributed by atoms with Crippen molar-refractivity contribution in [1.82, 2.24) is 9.97 Å². The number of fused-ring (bicyclic) bond motifs is 1. The van der Waals surface area contributed by atoms with Gasteiger partial charge < -0.3 is 0 Å². The zero-order valence-electron chi connectivity index (χ0n) is 10.7. The van der Waals surface area contributed by atoms with Crippen LogP contribution in [0, 0.1) is 6.92 Å². The Morgan fingerprint density at radius 3 is 2.79 bits per heavy atom. The number of aryl methyl sites for hydroxylation is 1. The molecule has 0 amide bonds. The lowest BCUT2D eigenvalue weighted by molar-refractivity contribution is 0.100. The zero-order chi connectivity index (χ0) is 13.4. The van der Waals surface area contributed by atoms with Gasteiger partial charge in [-0.25, -0.2) is 9.97 Å². The van der Waals surface area contributed by atoms with Crippen molar-refractivity contribution in [2.75, 3.05) is 0 Å². The maximum atomic E-state index is 11.5. The first-order valence-electron chi connectivity index (χ1n) is 5.98. The van der Waals surface area contributed by atoms with Crippen LogP contribution in [-0.2, 0) is 0 Å². The van der Waals surface area contributed by atoms with Gasteiger partial charge in [0.2, 0.25) is 0 Å². The fraction of sp³-hybridized carbons (Fsp3) is 0.133. The molecule has 0 aliphatic rings. The third kappa shape index (κ3) is 2.15. The van der Waals surface area contributed by atoms with Crippen LogP contribution >= 0.6 is 11.3 Å². The zero-order valence-corrected chi connectivity index (χ0v) is 11.5. The van der Waals surface area contributed by atoms with Gasteiger partial charge in [0.1, 0.15) is 0 Å². The second-order valence-electron chi connectivity index (χ2n) is 4.42. The summed E-state index contributed by atoms with van der Waals surface area (Å²) in [5.74, 6) is 0.176. The summed E-state index contributed by atoms with van der Waals surface area (Å²) in [5.41, 5.74) is 2.69. The lowest BCUT2D eigenvalue weighted by atomic mass is 10.1. The normalized spacial score (nSPS) is 10.8. The SMILES string of the molecule is CC(=O)c1nc(C)cc(-c2csc3ccccc23)n1. The van der Waals surface area contributed by atoms with Crippen LogP contribution in [0.5, 0.6) is 0 Å². The van der Waals surface area contributed by atoms with Crippen molar-refractivity contribution >= 4 is 27.2 Å². The molecule has 3 aromatic rings. The molecular formula is C15H12N2OS. The van der Waals surface area contributed by atoms with E-state index >= 15 is 0 Å². The Bertz CT molecular complexity index is 777. The second kappa shape index (κ2) is 4.55. The van der Waals surface area contributed by atoms with Gasteiger partial charge in [0.05, 0.1) is 5.69 Å². The molecule has 1 aromatic carbocycles. The van der Waals surface area contributed by atoms with Crippen molar-refractivity contribution in [1.29, 1.82) is 0 Å². The van der Waals surface area contributed by atoms with Gasteiger partial charge in [0, 0.05) is 33.6 Å². The molecule has 3 rings (SSSR count). The van der Waals surface area contributed by atoms with E-state index in [-0.39, 0.29) is 11.6 Å². The Labute approximate surface area is 115 Å². The number of carbonyl (C=O) groups is 1. The van der Waals surface area contributed by atoms with Crippen molar-refractivity contribution in [3.05, 3.63) is 47.2 Å². The second-order valence-corrected chi connectivity index (χ2v) is 5.33. The van der Waals surface area contributed by atoms with E-state index in [0.717, 1.165) is 17.0 Å².